The molecule has 0 spiro atoms. The topological polar surface area (TPSA) is 63.7 Å². The zero-order valence-corrected chi connectivity index (χ0v) is 15.9. The molecule has 2 amide bonds. The second-order valence-corrected chi connectivity index (χ2v) is 6.83. The minimum atomic E-state index is -0.549. The maximum atomic E-state index is 12.7. The zero-order chi connectivity index (χ0) is 20.4. The molecule has 0 saturated carbocycles. The lowest BCUT2D eigenvalue weighted by Gasteiger charge is -2.15. The van der Waals surface area contributed by atoms with Crippen LogP contribution in [0.5, 0.6) is 5.75 Å². The highest BCUT2D eigenvalue weighted by Gasteiger charge is 2.36. The second kappa shape index (κ2) is 7.72. The third-order valence-corrected chi connectivity index (χ3v) is 4.81. The number of ether oxygens (including phenoxy) is 1. The van der Waals surface area contributed by atoms with Crippen molar-refractivity contribution < 1.29 is 19.1 Å². The average molecular weight is 385 g/mol. The fourth-order valence-corrected chi connectivity index (χ4v) is 3.37. The Balaban J connectivity index is 1.55. The average Bonchev–Trinajstić information content (AvgIpc) is 3.00. The summed E-state index contributed by atoms with van der Waals surface area (Å²) in [6.07, 6.45) is 2.01. The van der Waals surface area contributed by atoms with Crippen LogP contribution in [0.25, 0.3) is 0 Å². The molecule has 4 rings (SSSR count). The van der Waals surface area contributed by atoms with Gasteiger partial charge in [-0.3, -0.25) is 9.59 Å². The highest BCUT2D eigenvalue weighted by atomic mass is 16.5. The van der Waals surface area contributed by atoms with Gasteiger partial charge in [0.2, 0.25) is 0 Å². The van der Waals surface area contributed by atoms with Crippen LogP contribution in [0.15, 0.2) is 72.8 Å². The lowest BCUT2D eigenvalue weighted by molar-refractivity contribution is 0.0733. The second-order valence-electron chi connectivity index (χ2n) is 6.83. The van der Waals surface area contributed by atoms with Crippen LogP contribution in [0.3, 0.4) is 0 Å². The molecule has 0 atom stereocenters. The molecular formula is C24H19NO4. The van der Waals surface area contributed by atoms with Gasteiger partial charge < -0.3 is 4.74 Å². The number of esters is 1. The maximum Gasteiger partial charge on any atom is 0.343 e. The van der Waals surface area contributed by atoms with Gasteiger partial charge in [-0.25, -0.2) is 9.69 Å². The van der Waals surface area contributed by atoms with Crippen molar-refractivity contribution in [2.45, 2.75) is 19.8 Å². The maximum absolute atomic E-state index is 12.7. The van der Waals surface area contributed by atoms with Gasteiger partial charge in [-0.05, 0) is 54.4 Å². The Labute approximate surface area is 168 Å². The van der Waals surface area contributed by atoms with E-state index in [2.05, 4.69) is 6.92 Å². The first-order valence-electron chi connectivity index (χ1n) is 9.47. The molecular weight excluding hydrogens is 366 g/mol. The predicted molar refractivity (Wildman–Crippen MR) is 109 cm³/mol. The van der Waals surface area contributed by atoms with E-state index in [4.69, 9.17) is 4.74 Å². The minimum Gasteiger partial charge on any atom is -0.423 e. The van der Waals surface area contributed by atoms with Gasteiger partial charge in [0.15, 0.2) is 0 Å². The summed E-state index contributed by atoms with van der Waals surface area (Å²) in [6, 6.07) is 20.4. The molecule has 0 radical (unpaired) electrons. The van der Waals surface area contributed by atoms with Crippen molar-refractivity contribution >= 4 is 23.5 Å². The largest absolute Gasteiger partial charge is 0.423 e. The normalized spacial score (nSPS) is 12.8. The number of fused-ring (bicyclic) bond motifs is 1. The Kier molecular flexibility index (Phi) is 4.96. The first-order chi connectivity index (χ1) is 14.1. The molecule has 0 fully saturated rings. The number of imide groups is 1. The van der Waals surface area contributed by atoms with Gasteiger partial charge >= 0.3 is 5.97 Å². The summed E-state index contributed by atoms with van der Waals surface area (Å²) in [5.41, 5.74) is 2.50. The van der Waals surface area contributed by atoms with Crippen LogP contribution in [0.2, 0.25) is 0 Å². The number of carbonyl (C=O) groups excluding carboxylic acids is 3. The van der Waals surface area contributed by atoms with Gasteiger partial charge in [0.1, 0.15) is 5.75 Å². The SMILES string of the molecule is CCCc1ccc(OC(=O)c2cccc(N3C(=O)c4ccccc4C3=O)c2)cc1. The smallest absolute Gasteiger partial charge is 0.343 e. The monoisotopic (exact) mass is 385 g/mol. The quantitative estimate of drug-likeness (QED) is 0.364. The Bertz CT molecular complexity index is 1070. The number of nitrogens with zero attached hydrogens (tertiary/aromatic N) is 1. The molecule has 1 heterocycles. The van der Waals surface area contributed by atoms with Gasteiger partial charge in [-0.1, -0.05) is 43.7 Å². The molecule has 0 aromatic heterocycles. The Morgan fingerprint density at radius 1 is 0.862 bits per heavy atom. The number of aryl methyl sites for hydroxylation is 1. The molecule has 144 valence electrons. The fraction of sp³-hybridized carbons (Fsp3) is 0.125. The summed E-state index contributed by atoms with van der Waals surface area (Å²) in [5, 5.41) is 0. The molecule has 0 saturated heterocycles. The van der Waals surface area contributed by atoms with E-state index in [0.29, 0.717) is 22.6 Å². The van der Waals surface area contributed by atoms with E-state index in [0.717, 1.165) is 17.7 Å². The summed E-state index contributed by atoms with van der Waals surface area (Å²) in [4.78, 5) is 39.0. The predicted octanol–water partition coefficient (Wildman–Crippen LogP) is 4.66. The first kappa shape index (κ1) is 18.6. The molecule has 29 heavy (non-hydrogen) atoms. The number of rotatable bonds is 5. The molecule has 1 aliphatic rings. The summed E-state index contributed by atoms with van der Waals surface area (Å²) in [5.74, 6) is -0.905. The summed E-state index contributed by atoms with van der Waals surface area (Å²) in [6.45, 7) is 2.11. The fourth-order valence-electron chi connectivity index (χ4n) is 3.37. The van der Waals surface area contributed by atoms with Gasteiger partial charge in [0.05, 0.1) is 22.4 Å². The van der Waals surface area contributed by atoms with E-state index < -0.39 is 17.8 Å². The molecule has 3 aromatic rings. The van der Waals surface area contributed by atoms with Crippen molar-refractivity contribution in [3.05, 3.63) is 95.1 Å². The van der Waals surface area contributed by atoms with E-state index in [1.807, 2.05) is 12.1 Å². The molecule has 0 N–H and O–H groups in total. The Hall–Kier alpha value is -3.73. The van der Waals surface area contributed by atoms with Crippen molar-refractivity contribution in [1.29, 1.82) is 0 Å². The minimum absolute atomic E-state index is 0.261. The van der Waals surface area contributed by atoms with Crippen molar-refractivity contribution in [1.82, 2.24) is 0 Å². The van der Waals surface area contributed by atoms with Crippen molar-refractivity contribution in [2.24, 2.45) is 0 Å². The van der Waals surface area contributed by atoms with Gasteiger partial charge in [0, 0.05) is 0 Å². The van der Waals surface area contributed by atoms with Crippen molar-refractivity contribution in [3.63, 3.8) is 0 Å². The first-order valence-corrected chi connectivity index (χ1v) is 9.47. The van der Waals surface area contributed by atoms with Crippen LogP contribution in [-0.2, 0) is 6.42 Å². The third-order valence-electron chi connectivity index (χ3n) is 4.81. The standard InChI is InChI=1S/C24H19NO4/c1-2-6-16-11-13-19(14-12-16)29-24(28)17-7-5-8-18(15-17)25-22(26)20-9-3-4-10-21(20)23(25)27/h3-5,7-15H,2,6H2,1H3. The van der Waals surface area contributed by atoms with Crippen molar-refractivity contribution in [3.8, 4) is 5.75 Å². The number of anilines is 1. The Morgan fingerprint density at radius 3 is 2.14 bits per heavy atom. The molecule has 0 aliphatic carbocycles. The lowest BCUT2D eigenvalue weighted by Crippen LogP contribution is -2.29. The third kappa shape index (κ3) is 3.55. The van der Waals surface area contributed by atoms with Gasteiger partial charge in [-0.15, -0.1) is 0 Å². The van der Waals surface area contributed by atoms with E-state index in [1.54, 1.807) is 54.6 Å². The molecule has 1 aliphatic heterocycles. The summed E-state index contributed by atoms with van der Waals surface area (Å²) in [7, 11) is 0. The van der Waals surface area contributed by atoms with Crippen LogP contribution in [0.1, 0.15) is 50.0 Å². The van der Waals surface area contributed by atoms with Gasteiger partial charge in [-0.2, -0.15) is 0 Å². The highest BCUT2D eigenvalue weighted by Crippen LogP contribution is 2.29. The molecule has 5 nitrogen and oxygen atoms in total. The van der Waals surface area contributed by atoms with Crippen LogP contribution >= 0.6 is 0 Å². The Morgan fingerprint density at radius 2 is 1.52 bits per heavy atom. The zero-order valence-electron chi connectivity index (χ0n) is 15.9. The van der Waals surface area contributed by atoms with E-state index >= 15 is 0 Å². The van der Waals surface area contributed by atoms with E-state index in [9.17, 15) is 14.4 Å². The van der Waals surface area contributed by atoms with Gasteiger partial charge in [0.25, 0.3) is 11.8 Å². The lowest BCUT2D eigenvalue weighted by atomic mass is 10.1. The molecule has 3 aromatic carbocycles. The summed E-state index contributed by atoms with van der Waals surface area (Å²) < 4.78 is 5.44. The highest BCUT2D eigenvalue weighted by molar-refractivity contribution is 6.34. The van der Waals surface area contributed by atoms with Crippen molar-refractivity contribution in [2.75, 3.05) is 4.90 Å². The number of benzene rings is 3. The van der Waals surface area contributed by atoms with E-state index in [1.165, 1.54) is 11.6 Å². The molecule has 5 heteroatoms. The number of carbonyl (C=O) groups is 3. The van der Waals surface area contributed by atoms with Crippen LogP contribution < -0.4 is 9.64 Å². The number of hydrogen-bond acceptors (Lipinski definition) is 4. The van der Waals surface area contributed by atoms with Crippen LogP contribution in [0.4, 0.5) is 5.69 Å². The van der Waals surface area contributed by atoms with E-state index in [-0.39, 0.29) is 5.56 Å². The molecule has 0 bridgehead atoms. The summed E-state index contributed by atoms with van der Waals surface area (Å²) >= 11 is 0. The van der Waals surface area contributed by atoms with Crippen LogP contribution in [0, 0.1) is 0 Å². The number of hydrogen-bond donors (Lipinski definition) is 0. The number of amides is 2. The molecule has 0 unspecified atom stereocenters. The van der Waals surface area contributed by atoms with Crippen LogP contribution in [-0.4, -0.2) is 17.8 Å².